The van der Waals surface area contributed by atoms with Crippen molar-refractivity contribution in [2.24, 2.45) is 0 Å². The maximum absolute atomic E-state index is 13.4. The topological polar surface area (TPSA) is 113 Å². The highest BCUT2D eigenvalue weighted by atomic mass is 16.5. The Balaban J connectivity index is 1.54. The van der Waals surface area contributed by atoms with Crippen molar-refractivity contribution in [3.8, 4) is 34.3 Å². The Hall–Kier alpha value is -4.99. The van der Waals surface area contributed by atoms with Gasteiger partial charge >= 0.3 is 0 Å². The smallest absolute Gasteiger partial charge is 0.256 e. The lowest BCUT2D eigenvalue weighted by atomic mass is 10.0. The van der Waals surface area contributed by atoms with Crippen LogP contribution in [0.5, 0.6) is 17.2 Å². The molecule has 0 aliphatic carbocycles. The number of anilines is 1. The van der Waals surface area contributed by atoms with Crippen molar-refractivity contribution in [2.45, 2.75) is 0 Å². The molecule has 0 spiro atoms. The number of hydrogen-bond donors (Lipinski definition) is 1. The van der Waals surface area contributed by atoms with Crippen LogP contribution in [0.25, 0.3) is 28.0 Å². The second-order valence-corrected chi connectivity index (χ2v) is 7.69. The maximum Gasteiger partial charge on any atom is 0.256 e. The monoisotopic (exact) mass is 482 g/mol. The molecule has 0 aliphatic heterocycles. The molecule has 0 saturated heterocycles. The van der Waals surface area contributed by atoms with Gasteiger partial charge in [0.15, 0.2) is 17.3 Å². The molecule has 2 aromatic carbocycles. The number of ether oxygens (including phenoxy) is 3. The third-order valence-electron chi connectivity index (χ3n) is 5.58. The molecule has 5 aromatic rings. The average Bonchev–Trinajstić information content (AvgIpc) is 3.47. The summed E-state index contributed by atoms with van der Waals surface area (Å²) in [7, 11) is 4.65. The zero-order valence-corrected chi connectivity index (χ0v) is 19.8. The largest absolute Gasteiger partial charge is 0.493 e. The van der Waals surface area contributed by atoms with E-state index in [1.807, 2.05) is 24.3 Å². The van der Waals surface area contributed by atoms with Crippen molar-refractivity contribution in [2.75, 3.05) is 26.6 Å². The highest BCUT2D eigenvalue weighted by molar-refractivity contribution is 6.13. The molecule has 0 unspecified atom stereocenters. The molecule has 0 fully saturated rings. The van der Waals surface area contributed by atoms with Crippen LogP contribution >= 0.6 is 0 Å². The van der Waals surface area contributed by atoms with E-state index in [-0.39, 0.29) is 5.91 Å². The van der Waals surface area contributed by atoms with Gasteiger partial charge in [-0.2, -0.15) is 5.10 Å². The fraction of sp³-hybridized carbons (Fsp3) is 0.115. The van der Waals surface area contributed by atoms with E-state index in [0.717, 1.165) is 5.39 Å². The third-order valence-corrected chi connectivity index (χ3v) is 5.58. The van der Waals surface area contributed by atoms with Gasteiger partial charge in [-0.3, -0.25) is 4.79 Å². The molecular formula is C26H22N6O4. The lowest BCUT2D eigenvalue weighted by molar-refractivity contribution is 0.102. The van der Waals surface area contributed by atoms with E-state index in [4.69, 9.17) is 19.2 Å². The molecule has 180 valence electrons. The minimum absolute atomic E-state index is 0.294. The van der Waals surface area contributed by atoms with Crippen molar-refractivity contribution in [1.82, 2.24) is 24.7 Å². The summed E-state index contributed by atoms with van der Waals surface area (Å²) in [5, 5.41) is 7.70. The Morgan fingerprint density at radius 3 is 2.36 bits per heavy atom. The molecule has 0 aliphatic rings. The number of pyridine rings is 2. The number of para-hydroxylation sites is 1. The van der Waals surface area contributed by atoms with E-state index in [9.17, 15) is 4.79 Å². The number of nitrogens with zero attached hydrogens (tertiary/aromatic N) is 5. The Labute approximate surface area is 206 Å². The number of rotatable bonds is 7. The molecule has 0 atom stereocenters. The van der Waals surface area contributed by atoms with Gasteiger partial charge in [0, 0.05) is 10.9 Å². The Kier molecular flexibility index (Phi) is 6.14. The molecule has 10 nitrogen and oxygen atoms in total. The average molecular weight is 483 g/mol. The van der Waals surface area contributed by atoms with Crippen LogP contribution in [0.4, 0.5) is 5.69 Å². The van der Waals surface area contributed by atoms with Crippen LogP contribution in [0.15, 0.2) is 73.4 Å². The molecule has 0 radical (unpaired) electrons. The first-order valence-electron chi connectivity index (χ1n) is 10.9. The van der Waals surface area contributed by atoms with Gasteiger partial charge in [-0.05, 0) is 36.4 Å². The van der Waals surface area contributed by atoms with Crippen LogP contribution in [0.1, 0.15) is 10.4 Å². The lowest BCUT2D eigenvalue weighted by Gasteiger charge is -2.15. The normalized spacial score (nSPS) is 10.8. The van der Waals surface area contributed by atoms with Gasteiger partial charge in [0.25, 0.3) is 5.91 Å². The summed E-state index contributed by atoms with van der Waals surface area (Å²) in [6.45, 7) is 0. The molecule has 0 bridgehead atoms. The SMILES string of the molecule is COc1cc(-c2cc(C(=O)Nc3ccc(-n4cncn4)nc3)c3ccccc3n2)cc(OC)c1OC. The summed E-state index contributed by atoms with van der Waals surface area (Å²) in [6, 6.07) is 16.3. The van der Waals surface area contributed by atoms with E-state index in [1.54, 1.807) is 64.2 Å². The van der Waals surface area contributed by atoms with Crippen molar-refractivity contribution >= 4 is 22.5 Å². The van der Waals surface area contributed by atoms with Crippen molar-refractivity contribution < 1.29 is 19.0 Å². The number of benzene rings is 2. The number of hydrogen-bond acceptors (Lipinski definition) is 8. The fourth-order valence-electron chi connectivity index (χ4n) is 3.86. The van der Waals surface area contributed by atoms with E-state index < -0.39 is 0 Å². The van der Waals surface area contributed by atoms with Crippen LogP contribution in [0, 0.1) is 0 Å². The summed E-state index contributed by atoms with van der Waals surface area (Å²) >= 11 is 0. The van der Waals surface area contributed by atoms with Crippen LogP contribution < -0.4 is 19.5 Å². The molecule has 3 aromatic heterocycles. The highest BCUT2D eigenvalue weighted by Gasteiger charge is 2.18. The quantitative estimate of drug-likeness (QED) is 0.368. The summed E-state index contributed by atoms with van der Waals surface area (Å²) < 4.78 is 17.9. The van der Waals surface area contributed by atoms with Gasteiger partial charge in [-0.25, -0.2) is 19.6 Å². The lowest BCUT2D eigenvalue weighted by Crippen LogP contribution is -2.13. The molecule has 1 N–H and O–H groups in total. The Morgan fingerprint density at radius 1 is 0.944 bits per heavy atom. The summed E-state index contributed by atoms with van der Waals surface area (Å²) in [6.07, 6.45) is 4.55. The molecule has 1 amide bonds. The second-order valence-electron chi connectivity index (χ2n) is 7.69. The summed E-state index contributed by atoms with van der Waals surface area (Å²) in [4.78, 5) is 26.4. The number of aromatic nitrogens is 5. The first-order valence-corrected chi connectivity index (χ1v) is 10.9. The molecule has 10 heteroatoms. The molecular weight excluding hydrogens is 460 g/mol. The number of carbonyl (C=O) groups excluding carboxylic acids is 1. The van der Waals surface area contributed by atoms with E-state index in [0.29, 0.717) is 51.1 Å². The first-order chi connectivity index (χ1) is 17.6. The van der Waals surface area contributed by atoms with Gasteiger partial charge in [-0.15, -0.1) is 0 Å². The Bertz CT molecular complexity index is 1510. The Morgan fingerprint density at radius 2 is 1.72 bits per heavy atom. The van der Waals surface area contributed by atoms with Crippen molar-refractivity contribution in [3.05, 3.63) is 79.0 Å². The zero-order valence-electron chi connectivity index (χ0n) is 19.8. The number of methoxy groups -OCH3 is 3. The highest BCUT2D eigenvalue weighted by Crippen LogP contribution is 2.41. The van der Waals surface area contributed by atoms with Gasteiger partial charge in [-0.1, -0.05) is 18.2 Å². The maximum atomic E-state index is 13.4. The van der Waals surface area contributed by atoms with Crippen LogP contribution in [-0.2, 0) is 0 Å². The zero-order chi connectivity index (χ0) is 25.1. The second kappa shape index (κ2) is 9.71. The predicted molar refractivity (Wildman–Crippen MR) is 134 cm³/mol. The third kappa shape index (κ3) is 4.27. The van der Waals surface area contributed by atoms with Gasteiger partial charge < -0.3 is 19.5 Å². The van der Waals surface area contributed by atoms with Crippen molar-refractivity contribution in [1.29, 1.82) is 0 Å². The number of fused-ring (bicyclic) bond motifs is 1. The molecule has 0 saturated carbocycles. The van der Waals surface area contributed by atoms with E-state index in [1.165, 1.54) is 11.0 Å². The number of carbonyl (C=O) groups is 1. The fourth-order valence-corrected chi connectivity index (χ4v) is 3.86. The van der Waals surface area contributed by atoms with Gasteiger partial charge in [0.1, 0.15) is 12.7 Å². The standard InChI is InChI=1S/C26H22N6O4/c1-34-22-10-16(11-23(35-2)25(22)36-3)21-12-19(18-6-4-5-7-20(18)31-21)26(33)30-17-8-9-24(28-13-17)32-15-27-14-29-32/h4-15H,1-3H3,(H,30,33). The predicted octanol–water partition coefficient (Wildman–Crippen LogP) is 4.16. The van der Waals surface area contributed by atoms with Gasteiger partial charge in [0.05, 0.1) is 50.0 Å². The minimum atomic E-state index is -0.294. The van der Waals surface area contributed by atoms with Gasteiger partial charge in [0.2, 0.25) is 5.75 Å². The molecule has 3 heterocycles. The molecule has 36 heavy (non-hydrogen) atoms. The van der Waals surface area contributed by atoms with Crippen LogP contribution in [-0.4, -0.2) is 52.0 Å². The van der Waals surface area contributed by atoms with Crippen molar-refractivity contribution in [3.63, 3.8) is 0 Å². The van der Waals surface area contributed by atoms with E-state index >= 15 is 0 Å². The summed E-state index contributed by atoms with van der Waals surface area (Å²) in [5.74, 6) is 1.75. The van der Waals surface area contributed by atoms with E-state index in [2.05, 4.69) is 20.4 Å². The molecule has 5 rings (SSSR count). The first kappa shape index (κ1) is 22.8. The number of nitrogens with one attached hydrogen (secondary N) is 1. The number of amides is 1. The van der Waals surface area contributed by atoms with Crippen LogP contribution in [0.2, 0.25) is 0 Å². The van der Waals surface area contributed by atoms with Crippen LogP contribution in [0.3, 0.4) is 0 Å². The minimum Gasteiger partial charge on any atom is -0.493 e. The summed E-state index contributed by atoms with van der Waals surface area (Å²) in [5.41, 5.74) is 2.97.